The molecule has 0 bridgehead atoms. The van der Waals surface area contributed by atoms with Crippen molar-refractivity contribution >= 4 is 38.3 Å². The maximum absolute atomic E-state index is 5.59. The predicted octanol–water partition coefficient (Wildman–Crippen LogP) is 2.47. The number of benzene rings is 1. The van der Waals surface area contributed by atoms with Crippen LogP contribution < -0.4 is 5.73 Å². The van der Waals surface area contributed by atoms with E-state index in [-0.39, 0.29) is 0 Å². The lowest BCUT2D eigenvalue weighted by atomic mass is 10.2. The summed E-state index contributed by atoms with van der Waals surface area (Å²) in [5, 5.41) is 0.586. The van der Waals surface area contributed by atoms with Gasteiger partial charge in [0.1, 0.15) is 0 Å². The molecule has 1 aromatic heterocycles. The first-order chi connectivity index (χ1) is 6.79. The van der Waals surface area contributed by atoms with Gasteiger partial charge in [0.05, 0.1) is 16.1 Å². The first kappa shape index (κ1) is 9.32. The normalized spacial score (nSPS) is 9.79. The molecule has 14 heavy (non-hydrogen) atoms. The summed E-state index contributed by atoms with van der Waals surface area (Å²) in [5.41, 5.74) is 7.46. The highest BCUT2D eigenvalue weighted by Gasteiger charge is 2.00. The Hall–Kier alpha value is -1.24. The van der Waals surface area contributed by atoms with E-state index in [9.17, 15) is 0 Å². The summed E-state index contributed by atoms with van der Waals surface area (Å²) in [7, 11) is 0. The van der Waals surface area contributed by atoms with E-state index in [2.05, 4.69) is 16.8 Å². The third-order valence-electron chi connectivity index (χ3n) is 1.70. The summed E-state index contributed by atoms with van der Waals surface area (Å²) in [4.78, 5) is 4.16. The summed E-state index contributed by atoms with van der Waals surface area (Å²) in [6.07, 6.45) is 0. The topological polar surface area (TPSA) is 38.9 Å². The molecular formula is C10H7ClN2S. The van der Waals surface area contributed by atoms with Gasteiger partial charge in [0.2, 0.25) is 0 Å². The van der Waals surface area contributed by atoms with Gasteiger partial charge >= 0.3 is 0 Å². The fourth-order valence-electron chi connectivity index (χ4n) is 1.16. The fourth-order valence-corrected chi connectivity index (χ4v) is 2.00. The lowest BCUT2D eigenvalue weighted by Crippen LogP contribution is -1.79. The van der Waals surface area contributed by atoms with Gasteiger partial charge in [0.15, 0.2) is 5.13 Å². The summed E-state index contributed by atoms with van der Waals surface area (Å²) >= 11 is 6.94. The molecule has 0 fully saturated rings. The number of nitrogens with two attached hydrogens (primary N) is 1. The van der Waals surface area contributed by atoms with Crippen LogP contribution in [0.4, 0.5) is 5.13 Å². The van der Waals surface area contributed by atoms with E-state index in [0.29, 0.717) is 11.0 Å². The first-order valence-electron chi connectivity index (χ1n) is 4.00. The van der Waals surface area contributed by atoms with Crippen molar-refractivity contribution in [1.82, 2.24) is 4.98 Å². The molecule has 0 radical (unpaired) electrons. The molecule has 0 saturated heterocycles. The zero-order valence-corrected chi connectivity index (χ0v) is 8.82. The van der Waals surface area contributed by atoms with Gasteiger partial charge in [-0.15, -0.1) is 11.6 Å². The van der Waals surface area contributed by atoms with Gasteiger partial charge in [0, 0.05) is 5.56 Å². The minimum Gasteiger partial charge on any atom is -0.375 e. The number of rotatable bonds is 0. The Morgan fingerprint density at radius 2 is 2.36 bits per heavy atom. The second-order valence-corrected chi connectivity index (χ2v) is 4.00. The summed E-state index contributed by atoms with van der Waals surface area (Å²) < 4.78 is 1.06. The Balaban J connectivity index is 2.50. The minimum absolute atomic E-state index is 0.350. The fraction of sp³-hybridized carbons (Fsp3) is 0.100. The number of nitrogen functional groups attached to an aromatic ring is 1. The molecule has 70 valence electrons. The van der Waals surface area contributed by atoms with Crippen LogP contribution in [0.2, 0.25) is 0 Å². The van der Waals surface area contributed by atoms with Gasteiger partial charge in [-0.1, -0.05) is 23.2 Å². The van der Waals surface area contributed by atoms with E-state index < -0.39 is 0 Å². The number of thiazole rings is 1. The van der Waals surface area contributed by atoms with Crippen molar-refractivity contribution in [1.29, 1.82) is 0 Å². The molecule has 4 heteroatoms. The highest BCUT2D eigenvalue weighted by atomic mass is 35.5. The third-order valence-corrected chi connectivity index (χ3v) is 2.69. The molecule has 0 unspecified atom stereocenters. The van der Waals surface area contributed by atoms with Crippen LogP contribution in [0.5, 0.6) is 0 Å². The Morgan fingerprint density at radius 3 is 3.14 bits per heavy atom. The van der Waals surface area contributed by atoms with E-state index in [0.717, 1.165) is 15.8 Å². The van der Waals surface area contributed by atoms with E-state index in [4.69, 9.17) is 17.3 Å². The number of halogens is 1. The zero-order valence-electron chi connectivity index (χ0n) is 7.25. The number of fused-ring (bicyclic) bond motifs is 1. The minimum atomic E-state index is 0.350. The van der Waals surface area contributed by atoms with Gasteiger partial charge in [-0.25, -0.2) is 4.98 Å². The maximum atomic E-state index is 5.59. The molecule has 0 saturated carbocycles. The number of hydrogen-bond donors (Lipinski definition) is 1. The number of nitrogens with zero attached hydrogens (tertiary/aromatic N) is 1. The Kier molecular flexibility index (Phi) is 2.58. The van der Waals surface area contributed by atoms with Crippen LogP contribution >= 0.6 is 22.9 Å². The largest absolute Gasteiger partial charge is 0.375 e. The molecule has 0 aliphatic carbocycles. The number of anilines is 1. The van der Waals surface area contributed by atoms with Crippen molar-refractivity contribution in [3.8, 4) is 11.8 Å². The van der Waals surface area contributed by atoms with Gasteiger partial charge in [-0.05, 0) is 18.2 Å². The van der Waals surface area contributed by atoms with Crippen LogP contribution in [0.15, 0.2) is 18.2 Å². The first-order valence-corrected chi connectivity index (χ1v) is 5.35. The monoisotopic (exact) mass is 222 g/mol. The average Bonchev–Trinajstić information content (AvgIpc) is 2.54. The number of aromatic nitrogens is 1. The Morgan fingerprint density at radius 1 is 1.50 bits per heavy atom. The molecule has 1 heterocycles. The van der Waals surface area contributed by atoms with Crippen LogP contribution in [0.25, 0.3) is 10.2 Å². The molecular weight excluding hydrogens is 216 g/mol. The Bertz CT molecular complexity index is 522. The van der Waals surface area contributed by atoms with Gasteiger partial charge in [-0.3, -0.25) is 0 Å². The molecule has 2 aromatic rings. The van der Waals surface area contributed by atoms with Crippen LogP contribution in [0.3, 0.4) is 0 Å². The van der Waals surface area contributed by atoms with Crippen LogP contribution in [0, 0.1) is 11.8 Å². The van der Waals surface area contributed by atoms with Crippen molar-refractivity contribution in [2.24, 2.45) is 0 Å². The predicted molar refractivity (Wildman–Crippen MR) is 61.6 cm³/mol. The smallest absolute Gasteiger partial charge is 0.181 e. The third kappa shape index (κ3) is 1.82. The van der Waals surface area contributed by atoms with Gasteiger partial charge in [-0.2, -0.15) is 0 Å². The van der Waals surface area contributed by atoms with Gasteiger partial charge in [0.25, 0.3) is 0 Å². The summed E-state index contributed by atoms with van der Waals surface area (Å²) in [6, 6.07) is 5.81. The van der Waals surface area contributed by atoms with Crippen molar-refractivity contribution in [2.75, 3.05) is 11.6 Å². The molecule has 0 spiro atoms. The second kappa shape index (κ2) is 3.87. The molecule has 2 N–H and O–H groups in total. The van der Waals surface area contributed by atoms with Crippen molar-refractivity contribution in [3.63, 3.8) is 0 Å². The Labute approximate surface area is 90.7 Å². The van der Waals surface area contributed by atoms with Crippen LogP contribution in [-0.2, 0) is 0 Å². The highest BCUT2D eigenvalue weighted by Crippen LogP contribution is 2.24. The highest BCUT2D eigenvalue weighted by molar-refractivity contribution is 7.22. The molecule has 2 rings (SSSR count). The van der Waals surface area contributed by atoms with E-state index >= 15 is 0 Å². The van der Waals surface area contributed by atoms with Crippen molar-refractivity contribution in [3.05, 3.63) is 23.8 Å². The van der Waals surface area contributed by atoms with Gasteiger partial charge < -0.3 is 5.73 Å². The summed E-state index contributed by atoms with van der Waals surface area (Å²) in [5.74, 6) is 6.11. The molecule has 0 amide bonds. The SMILES string of the molecule is Nc1nc2ccc(C#CCCl)cc2s1. The lowest BCUT2D eigenvalue weighted by molar-refractivity contribution is 1.49. The van der Waals surface area contributed by atoms with E-state index in [1.165, 1.54) is 11.3 Å². The van der Waals surface area contributed by atoms with Crippen molar-refractivity contribution < 1.29 is 0 Å². The number of alkyl halides is 1. The lowest BCUT2D eigenvalue weighted by Gasteiger charge is -1.88. The standard InChI is InChI=1S/C10H7ClN2S/c11-5-1-2-7-3-4-8-9(6-7)14-10(12)13-8/h3-4,6H,5H2,(H2,12,13). The average molecular weight is 223 g/mol. The summed E-state index contributed by atoms with van der Waals surface area (Å²) in [6.45, 7) is 0. The molecule has 0 atom stereocenters. The molecule has 0 aliphatic heterocycles. The van der Waals surface area contributed by atoms with E-state index in [1.807, 2.05) is 18.2 Å². The molecule has 1 aromatic carbocycles. The molecule has 0 aliphatic rings. The zero-order chi connectivity index (χ0) is 9.97. The maximum Gasteiger partial charge on any atom is 0.181 e. The second-order valence-electron chi connectivity index (χ2n) is 2.67. The van der Waals surface area contributed by atoms with E-state index in [1.54, 1.807) is 0 Å². The van der Waals surface area contributed by atoms with Crippen LogP contribution in [0.1, 0.15) is 5.56 Å². The molecule has 2 nitrogen and oxygen atoms in total. The number of hydrogen-bond acceptors (Lipinski definition) is 3. The quantitative estimate of drug-likeness (QED) is 0.550. The van der Waals surface area contributed by atoms with Crippen LogP contribution in [-0.4, -0.2) is 10.9 Å². The van der Waals surface area contributed by atoms with Crippen molar-refractivity contribution in [2.45, 2.75) is 0 Å².